The van der Waals surface area contributed by atoms with E-state index in [1.54, 1.807) is 66.9 Å². The highest BCUT2D eigenvalue weighted by molar-refractivity contribution is 6.41. The van der Waals surface area contributed by atoms with Crippen molar-refractivity contribution in [2.45, 2.75) is 18.8 Å². The molecule has 0 radical (unpaired) electrons. The van der Waals surface area contributed by atoms with Crippen molar-refractivity contribution < 1.29 is 19.6 Å². The molecule has 0 fully saturated rings. The second-order valence-electron chi connectivity index (χ2n) is 7.51. The number of carbonyl (C=O) groups excluding carboxylic acids is 1. The molecule has 3 rings (SSSR count). The third-order valence-electron chi connectivity index (χ3n) is 5.00. The minimum absolute atomic E-state index is 0.0189. The van der Waals surface area contributed by atoms with Crippen LogP contribution in [-0.4, -0.2) is 34.7 Å². The molecule has 0 spiro atoms. The van der Waals surface area contributed by atoms with E-state index in [1.807, 2.05) is 6.07 Å². The molecule has 0 saturated carbocycles. The lowest BCUT2D eigenvalue weighted by atomic mass is 9.79. The third kappa shape index (κ3) is 7.57. The van der Waals surface area contributed by atoms with Crippen LogP contribution < -0.4 is 10.1 Å². The first-order valence-electron chi connectivity index (χ1n) is 10.7. The first-order chi connectivity index (χ1) is 16.9. The highest BCUT2D eigenvalue weighted by Crippen LogP contribution is 2.37. The summed E-state index contributed by atoms with van der Waals surface area (Å²) in [6.07, 6.45) is 3.10. The Hall–Kier alpha value is -3.35. The topological polar surface area (TPSA) is 115 Å². The van der Waals surface area contributed by atoms with Crippen molar-refractivity contribution in [1.29, 1.82) is 5.26 Å². The summed E-state index contributed by atoms with van der Waals surface area (Å²) in [6, 6.07) is 19.1. The van der Waals surface area contributed by atoms with Gasteiger partial charge in [-0.2, -0.15) is 5.26 Å². The Labute approximate surface area is 213 Å². The summed E-state index contributed by atoms with van der Waals surface area (Å²) < 4.78 is 5.72. The van der Waals surface area contributed by atoms with Crippen LogP contribution in [0.1, 0.15) is 29.3 Å². The van der Waals surface area contributed by atoms with Gasteiger partial charge in [-0.15, -0.1) is 0 Å². The van der Waals surface area contributed by atoms with Gasteiger partial charge >= 0.3 is 7.12 Å². The molecule has 0 bridgehead atoms. The molecule has 35 heavy (non-hydrogen) atoms. The molecule has 1 amide bonds. The Kier molecular flexibility index (Phi) is 9.71. The van der Waals surface area contributed by atoms with Crippen LogP contribution in [0.25, 0.3) is 11.6 Å². The monoisotopic (exact) mass is 509 g/mol. The zero-order valence-corrected chi connectivity index (χ0v) is 20.1. The molecule has 7 nitrogen and oxygen atoms in total. The zero-order chi connectivity index (χ0) is 25.2. The Morgan fingerprint density at radius 3 is 2.54 bits per heavy atom. The van der Waals surface area contributed by atoms with Gasteiger partial charge in [0.1, 0.15) is 6.07 Å². The summed E-state index contributed by atoms with van der Waals surface area (Å²) in [4.78, 5) is 16.7. The molecule has 0 aliphatic heterocycles. The lowest BCUT2D eigenvalue weighted by Gasteiger charge is -2.19. The fourth-order valence-electron chi connectivity index (χ4n) is 3.32. The Balaban J connectivity index is 1.68. The number of carbonyl (C=O) groups is 1. The van der Waals surface area contributed by atoms with E-state index in [0.29, 0.717) is 16.8 Å². The SMILES string of the molecule is N#CC(=Cc1ccc(Cl)c(OCCC(=O)N[C@@H](CB(O)O)c2ccccc2)c1Cl)c1ccccn1. The predicted molar refractivity (Wildman–Crippen MR) is 137 cm³/mol. The number of ether oxygens (including phenoxy) is 1. The summed E-state index contributed by atoms with van der Waals surface area (Å²) in [5.74, 6) is -0.150. The van der Waals surface area contributed by atoms with Crippen molar-refractivity contribution in [3.63, 3.8) is 0 Å². The molecule has 10 heteroatoms. The van der Waals surface area contributed by atoms with E-state index < -0.39 is 13.2 Å². The van der Waals surface area contributed by atoms with Gasteiger partial charge in [-0.25, -0.2) is 0 Å². The average molecular weight is 510 g/mol. The second kappa shape index (κ2) is 12.9. The van der Waals surface area contributed by atoms with Crippen LogP contribution in [0.3, 0.4) is 0 Å². The zero-order valence-electron chi connectivity index (χ0n) is 18.6. The molecule has 0 aliphatic rings. The van der Waals surface area contributed by atoms with Gasteiger partial charge in [0, 0.05) is 12.5 Å². The fourth-order valence-corrected chi connectivity index (χ4v) is 3.85. The Morgan fingerprint density at radius 2 is 1.89 bits per heavy atom. The molecular weight excluding hydrogens is 488 g/mol. The lowest BCUT2D eigenvalue weighted by molar-refractivity contribution is -0.122. The summed E-state index contributed by atoms with van der Waals surface area (Å²) in [5, 5.41) is 31.5. The van der Waals surface area contributed by atoms with Gasteiger partial charge in [0.15, 0.2) is 5.75 Å². The maximum absolute atomic E-state index is 12.5. The highest BCUT2D eigenvalue weighted by atomic mass is 35.5. The van der Waals surface area contributed by atoms with Crippen molar-refractivity contribution in [3.8, 4) is 11.8 Å². The molecule has 3 aromatic rings. The van der Waals surface area contributed by atoms with Crippen LogP contribution in [0.5, 0.6) is 5.75 Å². The number of allylic oxidation sites excluding steroid dienone is 1. The van der Waals surface area contributed by atoms with E-state index in [1.165, 1.54) is 0 Å². The largest absolute Gasteiger partial charge is 0.490 e. The number of rotatable bonds is 10. The number of nitriles is 1. The maximum atomic E-state index is 12.5. The van der Waals surface area contributed by atoms with Gasteiger partial charge < -0.3 is 20.1 Å². The number of amides is 1. The molecule has 0 aliphatic carbocycles. The molecule has 178 valence electrons. The van der Waals surface area contributed by atoms with Crippen LogP contribution in [0.15, 0.2) is 66.9 Å². The van der Waals surface area contributed by atoms with Gasteiger partial charge in [0.2, 0.25) is 5.91 Å². The third-order valence-corrected chi connectivity index (χ3v) is 5.69. The maximum Gasteiger partial charge on any atom is 0.453 e. The van der Waals surface area contributed by atoms with Crippen molar-refractivity contribution in [2.24, 2.45) is 0 Å². The van der Waals surface area contributed by atoms with Gasteiger partial charge in [-0.3, -0.25) is 9.78 Å². The van der Waals surface area contributed by atoms with Crippen molar-refractivity contribution in [3.05, 3.63) is 93.7 Å². The van der Waals surface area contributed by atoms with Gasteiger partial charge in [0.25, 0.3) is 0 Å². The molecule has 1 aromatic heterocycles. The number of hydrogen-bond acceptors (Lipinski definition) is 6. The van der Waals surface area contributed by atoms with Gasteiger partial charge in [-0.05, 0) is 35.4 Å². The van der Waals surface area contributed by atoms with Gasteiger partial charge in [0.05, 0.1) is 40.4 Å². The van der Waals surface area contributed by atoms with Crippen molar-refractivity contribution in [1.82, 2.24) is 10.3 Å². The lowest BCUT2D eigenvalue weighted by Crippen LogP contribution is -2.32. The van der Waals surface area contributed by atoms with E-state index >= 15 is 0 Å². The quantitative estimate of drug-likeness (QED) is 0.272. The minimum atomic E-state index is -1.57. The summed E-state index contributed by atoms with van der Waals surface area (Å²) in [7, 11) is -1.57. The first kappa shape index (κ1) is 26.3. The van der Waals surface area contributed by atoms with E-state index in [4.69, 9.17) is 27.9 Å². The van der Waals surface area contributed by atoms with E-state index in [9.17, 15) is 20.1 Å². The normalized spacial score (nSPS) is 11.9. The van der Waals surface area contributed by atoms with Gasteiger partial charge in [-0.1, -0.05) is 65.7 Å². The number of pyridine rings is 1. The molecule has 1 heterocycles. The summed E-state index contributed by atoms with van der Waals surface area (Å²) in [6.45, 7) is -0.0209. The standard InChI is InChI=1S/C25H22BCl2N3O4/c27-20-10-9-18(14-19(16-29)21-8-4-5-12-30-21)24(28)25(20)35-13-11-23(32)31-22(15-26(33)34)17-6-2-1-3-7-17/h1-10,12,14,22,33-34H,11,13,15H2,(H,31,32)/t22-/m0/s1. The summed E-state index contributed by atoms with van der Waals surface area (Å²) >= 11 is 12.8. The Bertz CT molecular complexity index is 1220. The highest BCUT2D eigenvalue weighted by Gasteiger charge is 2.21. The molecule has 0 saturated heterocycles. The molecule has 1 atom stereocenters. The van der Waals surface area contributed by atoms with Crippen LogP contribution >= 0.6 is 23.2 Å². The molecule has 0 unspecified atom stereocenters. The number of halogens is 2. The number of hydrogen-bond donors (Lipinski definition) is 3. The van der Waals surface area contributed by atoms with Crippen LogP contribution in [-0.2, 0) is 4.79 Å². The number of benzene rings is 2. The minimum Gasteiger partial charge on any atom is -0.490 e. The molecule has 3 N–H and O–H groups in total. The molecular formula is C25H22BCl2N3O4. The van der Waals surface area contributed by atoms with Crippen molar-refractivity contribution in [2.75, 3.05) is 6.61 Å². The number of nitrogens with zero attached hydrogens (tertiary/aromatic N) is 2. The summed E-state index contributed by atoms with van der Waals surface area (Å²) in [5.41, 5.74) is 2.08. The van der Waals surface area contributed by atoms with E-state index in [0.717, 1.165) is 5.56 Å². The van der Waals surface area contributed by atoms with Crippen molar-refractivity contribution >= 4 is 47.9 Å². The van der Waals surface area contributed by atoms with Crippen LogP contribution in [0, 0.1) is 11.3 Å². The van der Waals surface area contributed by atoms with E-state index in [2.05, 4.69) is 16.4 Å². The van der Waals surface area contributed by atoms with E-state index in [-0.39, 0.29) is 41.0 Å². The Morgan fingerprint density at radius 1 is 1.14 bits per heavy atom. The number of nitrogens with one attached hydrogen (secondary N) is 1. The smallest absolute Gasteiger partial charge is 0.453 e. The second-order valence-corrected chi connectivity index (χ2v) is 8.30. The number of aromatic nitrogens is 1. The fraction of sp³-hybridized carbons (Fsp3) is 0.160. The molecule has 2 aromatic carbocycles. The predicted octanol–water partition coefficient (Wildman–Crippen LogP) is 4.55. The average Bonchev–Trinajstić information content (AvgIpc) is 2.86. The van der Waals surface area contributed by atoms with Crippen LogP contribution in [0.4, 0.5) is 0 Å². The van der Waals surface area contributed by atoms with Crippen LogP contribution in [0.2, 0.25) is 16.4 Å². The first-order valence-corrected chi connectivity index (χ1v) is 11.5.